The summed E-state index contributed by atoms with van der Waals surface area (Å²) in [6, 6.07) is 13.4. The highest BCUT2D eigenvalue weighted by Crippen LogP contribution is 2.29. The second kappa shape index (κ2) is 8.72. The van der Waals surface area contributed by atoms with Crippen LogP contribution in [0, 0.1) is 0 Å². The highest BCUT2D eigenvalue weighted by molar-refractivity contribution is 5.94. The zero-order valence-electron chi connectivity index (χ0n) is 15.3. The van der Waals surface area contributed by atoms with Crippen LogP contribution in [0.15, 0.2) is 42.5 Å². The highest BCUT2D eigenvalue weighted by Gasteiger charge is 2.21. The van der Waals surface area contributed by atoms with Gasteiger partial charge >= 0.3 is 0 Å². The fourth-order valence-corrected chi connectivity index (χ4v) is 3.07. The van der Waals surface area contributed by atoms with E-state index >= 15 is 0 Å². The van der Waals surface area contributed by atoms with Crippen LogP contribution in [0.3, 0.4) is 0 Å². The minimum atomic E-state index is -0.156. The number of carbonyl (C=O) groups is 1. The van der Waals surface area contributed by atoms with Gasteiger partial charge in [-0.3, -0.25) is 4.79 Å². The van der Waals surface area contributed by atoms with Crippen molar-refractivity contribution in [3.05, 3.63) is 59.2 Å². The maximum Gasteiger partial charge on any atom is 0.251 e. The van der Waals surface area contributed by atoms with Crippen LogP contribution in [0.5, 0.6) is 11.5 Å². The average Bonchev–Trinajstić information content (AvgIpc) is 2.70. The minimum Gasteiger partial charge on any atom is -0.493 e. The molecule has 3 rings (SSSR count). The van der Waals surface area contributed by atoms with Gasteiger partial charge < -0.3 is 19.5 Å². The third-order valence-electron chi connectivity index (χ3n) is 4.43. The van der Waals surface area contributed by atoms with E-state index < -0.39 is 0 Å². The van der Waals surface area contributed by atoms with E-state index in [-0.39, 0.29) is 12.0 Å². The number of amides is 1. The molecule has 5 heteroatoms. The molecule has 138 valence electrons. The molecular formula is C21H25NO4. The first kappa shape index (κ1) is 18.3. The largest absolute Gasteiger partial charge is 0.493 e. The third kappa shape index (κ3) is 4.17. The number of benzene rings is 2. The second-order valence-corrected chi connectivity index (χ2v) is 6.23. The molecule has 0 fully saturated rings. The molecule has 5 nitrogen and oxygen atoms in total. The third-order valence-corrected chi connectivity index (χ3v) is 4.43. The predicted molar refractivity (Wildman–Crippen MR) is 100.0 cm³/mol. The fraction of sp³-hybridized carbons (Fsp3) is 0.381. The van der Waals surface area contributed by atoms with Crippen LogP contribution in [0.4, 0.5) is 0 Å². The van der Waals surface area contributed by atoms with E-state index in [0.29, 0.717) is 36.8 Å². The van der Waals surface area contributed by atoms with Crippen LogP contribution < -0.4 is 14.8 Å². The first-order chi connectivity index (χ1) is 12.7. The van der Waals surface area contributed by atoms with E-state index in [9.17, 15) is 4.79 Å². The van der Waals surface area contributed by atoms with Gasteiger partial charge in [-0.05, 0) is 42.2 Å². The Kier molecular flexibility index (Phi) is 6.12. The Morgan fingerprint density at radius 2 is 2.08 bits per heavy atom. The van der Waals surface area contributed by atoms with Crippen molar-refractivity contribution in [1.29, 1.82) is 0 Å². The monoisotopic (exact) mass is 355 g/mol. The summed E-state index contributed by atoms with van der Waals surface area (Å²) in [6.45, 7) is 3.77. The molecule has 1 atom stereocenters. The molecule has 2 aromatic rings. The van der Waals surface area contributed by atoms with Crippen LogP contribution in [-0.4, -0.2) is 32.8 Å². The summed E-state index contributed by atoms with van der Waals surface area (Å²) in [5, 5.41) is 2.96. The number of ether oxygens (including phenoxy) is 3. The van der Waals surface area contributed by atoms with E-state index in [1.54, 1.807) is 25.3 Å². The lowest BCUT2D eigenvalue weighted by atomic mass is 9.97. The van der Waals surface area contributed by atoms with Crippen LogP contribution in [0.2, 0.25) is 0 Å². The van der Waals surface area contributed by atoms with Crippen LogP contribution in [0.25, 0.3) is 0 Å². The summed E-state index contributed by atoms with van der Waals surface area (Å²) in [7, 11) is 1.57. The smallest absolute Gasteiger partial charge is 0.251 e. The fourth-order valence-electron chi connectivity index (χ4n) is 3.07. The van der Waals surface area contributed by atoms with Crippen LogP contribution >= 0.6 is 0 Å². The summed E-state index contributed by atoms with van der Waals surface area (Å²) in [5.74, 6) is 1.05. The number of fused-ring (bicyclic) bond motifs is 1. The lowest BCUT2D eigenvalue weighted by Crippen LogP contribution is -2.31. The molecule has 0 spiro atoms. The van der Waals surface area contributed by atoms with E-state index in [1.807, 2.05) is 19.1 Å². The first-order valence-electron chi connectivity index (χ1n) is 9.01. The standard InChI is InChI=1S/C21H25NO4/c1-3-11-25-18-9-8-16(13-19(18)24-2)21(23)22-14-20-17-7-5-4-6-15(17)10-12-26-20/h4-9,13,20H,3,10-12,14H2,1-2H3,(H,22,23)/t20-/m1/s1. The molecule has 0 aromatic heterocycles. The van der Waals surface area contributed by atoms with Crippen molar-refractivity contribution < 1.29 is 19.0 Å². The first-order valence-corrected chi connectivity index (χ1v) is 9.01. The molecule has 0 bridgehead atoms. The maximum absolute atomic E-state index is 12.5. The zero-order valence-corrected chi connectivity index (χ0v) is 15.3. The number of hydrogen-bond donors (Lipinski definition) is 1. The normalized spacial score (nSPS) is 15.8. The van der Waals surface area contributed by atoms with Crippen molar-refractivity contribution in [2.45, 2.75) is 25.9 Å². The van der Waals surface area contributed by atoms with Gasteiger partial charge in [0.1, 0.15) is 6.10 Å². The van der Waals surface area contributed by atoms with Gasteiger partial charge in [0.05, 0.1) is 20.3 Å². The lowest BCUT2D eigenvalue weighted by molar-refractivity contribution is 0.0411. The Bertz CT molecular complexity index is 759. The molecule has 1 amide bonds. The van der Waals surface area contributed by atoms with Gasteiger partial charge in [0, 0.05) is 12.1 Å². The molecule has 0 saturated heterocycles. The Balaban J connectivity index is 1.65. The summed E-state index contributed by atoms with van der Waals surface area (Å²) in [6.07, 6.45) is 1.71. The van der Waals surface area contributed by atoms with Crippen LogP contribution in [0.1, 0.15) is 40.9 Å². The van der Waals surface area contributed by atoms with E-state index in [2.05, 4.69) is 17.4 Å². The van der Waals surface area contributed by atoms with E-state index in [0.717, 1.165) is 18.4 Å². The quantitative estimate of drug-likeness (QED) is 0.825. The summed E-state index contributed by atoms with van der Waals surface area (Å²) in [4.78, 5) is 12.5. The van der Waals surface area contributed by atoms with Gasteiger partial charge in [-0.25, -0.2) is 0 Å². The van der Waals surface area contributed by atoms with Crippen molar-refractivity contribution in [3.8, 4) is 11.5 Å². The lowest BCUT2D eigenvalue weighted by Gasteiger charge is -2.26. The predicted octanol–water partition coefficient (Wildman–Crippen LogP) is 3.53. The number of carbonyl (C=O) groups excluding carboxylic acids is 1. The molecule has 1 aliphatic rings. The molecule has 2 aromatic carbocycles. The Labute approximate surface area is 154 Å². The average molecular weight is 355 g/mol. The maximum atomic E-state index is 12.5. The minimum absolute atomic E-state index is 0.113. The topological polar surface area (TPSA) is 56.8 Å². The molecule has 0 saturated carbocycles. The summed E-state index contributed by atoms with van der Waals surface area (Å²) in [5.41, 5.74) is 2.98. The van der Waals surface area contributed by atoms with Gasteiger partial charge in [0.2, 0.25) is 0 Å². The van der Waals surface area contributed by atoms with Gasteiger partial charge in [0.15, 0.2) is 11.5 Å². The molecule has 0 radical (unpaired) electrons. The SMILES string of the molecule is CCCOc1ccc(C(=O)NC[C@H]2OCCc3ccccc32)cc1OC. The molecule has 0 unspecified atom stereocenters. The summed E-state index contributed by atoms with van der Waals surface area (Å²) < 4.78 is 16.8. The van der Waals surface area contributed by atoms with E-state index in [1.165, 1.54) is 5.56 Å². The molecule has 1 heterocycles. The second-order valence-electron chi connectivity index (χ2n) is 6.23. The van der Waals surface area contributed by atoms with Gasteiger partial charge in [0.25, 0.3) is 5.91 Å². The summed E-state index contributed by atoms with van der Waals surface area (Å²) >= 11 is 0. The number of hydrogen-bond acceptors (Lipinski definition) is 4. The molecule has 1 aliphatic heterocycles. The molecule has 0 aliphatic carbocycles. The van der Waals surface area contributed by atoms with Crippen molar-refractivity contribution in [1.82, 2.24) is 5.32 Å². The van der Waals surface area contributed by atoms with Gasteiger partial charge in [-0.15, -0.1) is 0 Å². The molecule has 1 N–H and O–H groups in total. The number of rotatable bonds is 7. The van der Waals surface area contributed by atoms with Crippen molar-refractivity contribution in [3.63, 3.8) is 0 Å². The van der Waals surface area contributed by atoms with Gasteiger partial charge in [-0.1, -0.05) is 31.2 Å². The zero-order chi connectivity index (χ0) is 18.4. The Hall–Kier alpha value is -2.53. The van der Waals surface area contributed by atoms with Crippen molar-refractivity contribution in [2.75, 3.05) is 26.9 Å². The number of nitrogens with one attached hydrogen (secondary N) is 1. The van der Waals surface area contributed by atoms with Crippen molar-refractivity contribution >= 4 is 5.91 Å². The molecule has 26 heavy (non-hydrogen) atoms. The van der Waals surface area contributed by atoms with Crippen molar-refractivity contribution in [2.24, 2.45) is 0 Å². The highest BCUT2D eigenvalue weighted by atomic mass is 16.5. The Morgan fingerprint density at radius 1 is 1.23 bits per heavy atom. The van der Waals surface area contributed by atoms with Crippen LogP contribution in [-0.2, 0) is 11.2 Å². The Morgan fingerprint density at radius 3 is 2.88 bits per heavy atom. The van der Waals surface area contributed by atoms with Gasteiger partial charge in [-0.2, -0.15) is 0 Å². The number of methoxy groups -OCH3 is 1. The molecular weight excluding hydrogens is 330 g/mol. The van der Waals surface area contributed by atoms with E-state index in [4.69, 9.17) is 14.2 Å².